The quantitative estimate of drug-likeness (QED) is 0.616. The van der Waals surface area contributed by atoms with Crippen molar-refractivity contribution in [1.29, 1.82) is 0 Å². The van der Waals surface area contributed by atoms with Crippen LogP contribution in [0, 0.1) is 0 Å². The van der Waals surface area contributed by atoms with Crippen LogP contribution in [0.5, 0.6) is 0 Å². The van der Waals surface area contributed by atoms with Crippen LogP contribution in [-0.4, -0.2) is 28.6 Å². The molecule has 3 rings (SSSR count). The van der Waals surface area contributed by atoms with Crippen LogP contribution in [-0.2, 0) is 0 Å². The number of hydrogen-bond acceptors (Lipinski definition) is 1. The van der Waals surface area contributed by atoms with E-state index in [1.165, 1.54) is 25.0 Å². The van der Waals surface area contributed by atoms with Gasteiger partial charge in [-0.25, -0.2) is 0 Å². The molecule has 0 radical (unpaired) electrons. The van der Waals surface area contributed by atoms with E-state index in [4.69, 9.17) is 0 Å². The Morgan fingerprint density at radius 2 is 1.62 bits per heavy atom. The van der Waals surface area contributed by atoms with E-state index in [1.807, 2.05) is 0 Å². The first-order valence-electron chi connectivity index (χ1n) is 5.35. The van der Waals surface area contributed by atoms with E-state index < -0.39 is 0 Å². The van der Waals surface area contributed by atoms with Gasteiger partial charge in [-0.05, 0) is 0 Å². The molecule has 16 heavy (non-hydrogen) atoms. The molecule has 0 N–H and O–H groups in total. The van der Waals surface area contributed by atoms with E-state index in [0.717, 1.165) is 0 Å². The van der Waals surface area contributed by atoms with Crippen molar-refractivity contribution < 1.29 is 0 Å². The topological polar surface area (TPSA) is 3.24 Å². The predicted molar refractivity (Wildman–Crippen MR) is 72.7 cm³/mol. The van der Waals surface area contributed by atoms with Gasteiger partial charge in [-0.3, -0.25) is 0 Å². The molecule has 1 aromatic heterocycles. The van der Waals surface area contributed by atoms with Gasteiger partial charge in [0.1, 0.15) is 0 Å². The molecule has 0 aliphatic heterocycles. The Morgan fingerprint density at radius 1 is 0.875 bits per heavy atom. The molecule has 0 spiro atoms. The minimum absolute atomic E-state index is 0.484. The third-order valence-electron chi connectivity index (χ3n) is 2.86. The van der Waals surface area contributed by atoms with Crippen molar-refractivity contribution in [2.45, 2.75) is 0 Å². The van der Waals surface area contributed by atoms with Crippen molar-refractivity contribution in [3.8, 4) is 0 Å². The summed E-state index contributed by atoms with van der Waals surface area (Å²) in [4.78, 5) is 2.21. The summed E-state index contributed by atoms with van der Waals surface area (Å²) in [6, 6.07) is 15.4. The molecule has 2 aromatic carbocycles. The molecule has 0 saturated carbocycles. The van der Waals surface area contributed by atoms with Gasteiger partial charge in [-0.1, -0.05) is 0 Å². The van der Waals surface area contributed by atoms with Gasteiger partial charge in [0.15, 0.2) is 0 Å². The van der Waals surface area contributed by atoms with Crippen LogP contribution in [0.15, 0.2) is 42.5 Å². The molecule has 1 nitrogen and oxygen atoms in total. The first-order valence-corrected chi connectivity index (χ1v) is 7.06. The van der Waals surface area contributed by atoms with Gasteiger partial charge in [0.2, 0.25) is 0 Å². The Bertz CT molecular complexity index is 652. The van der Waals surface area contributed by atoms with Gasteiger partial charge in [-0.15, -0.1) is 0 Å². The summed E-state index contributed by atoms with van der Waals surface area (Å²) in [7, 11) is 4.23. The summed E-state index contributed by atoms with van der Waals surface area (Å²) in [5.74, 6) is 0. The van der Waals surface area contributed by atoms with Gasteiger partial charge < -0.3 is 0 Å². The monoisotopic (exact) mass is 275 g/mol. The summed E-state index contributed by atoms with van der Waals surface area (Å²) >= 11 is 0.484. The fourth-order valence-electron chi connectivity index (χ4n) is 2.13. The van der Waals surface area contributed by atoms with Crippen LogP contribution in [0.1, 0.15) is 0 Å². The zero-order valence-corrected chi connectivity index (χ0v) is 11.1. The van der Waals surface area contributed by atoms with Gasteiger partial charge in [0.05, 0.1) is 0 Å². The van der Waals surface area contributed by atoms with Crippen molar-refractivity contribution >= 4 is 39.5 Å². The molecule has 0 atom stereocenters. The van der Waals surface area contributed by atoms with E-state index in [1.54, 1.807) is 0 Å². The number of rotatable bonds is 1. The third kappa shape index (κ3) is 1.38. The van der Waals surface area contributed by atoms with Gasteiger partial charge >= 0.3 is 101 Å². The van der Waals surface area contributed by atoms with Crippen LogP contribution in [0.2, 0.25) is 0 Å². The standard InChI is InChI=1S/C14H13NSe/c1-15(2)11-7-5-9-13-14(11)10-6-3-4-8-12(10)16-13/h3-9H,1-2H3. The Morgan fingerprint density at radius 3 is 2.44 bits per heavy atom. The first-order chi connectivity index (χ1) is 7.77. The third-order valence-corrected chi connectivity index (χ3v) is 5.25. The predicted octanol–water partition coefficient (Wildman–Crippen LogP) is 3.12. The number of hydrogen-bond donors (Lipinski definition) is 0. The summed E-state index contributed by atoms with van der Waals surface area (Å²) < 4.78 is 3.03. The van der Waals surface area contributed by atoms with Crippen LogP contribution >= 0.6 is 0 Å². The Hall–Kier alpha value is -1.24. The van der Waals surface area contributed by atoms with Crippen molar-refractivity contribution in [3.05, 3.63) is 42.5 Å². The first kappa shape index (κ1) is 9.95. The Balaban J connectivity index is 2.53. The van der Waals surface area contributed by atoms with Crippen LogP contribution < -0.4 is 4.90 Å². The molecule has 2 heteroatoms. The molecule has 0 unspecified atom stereocenters. The SMILES string of the molecule is CN(C)c1cccc2[se]c3ccccc3c12. The van der Waals surface area contributed by atoms with E-state index in [2.05, 4.69) is 61.5 Å². The second-order valence-electron chi connectivity index (χ2n) is 4.14. The van der Waals surface area contributed by atoms with Gasteiger partial charge in [0, 0.05) is 0 Å². The van der Waals surface area contributed by atoms with Gasteiger partial charge in [0.25, 0.3) is 0 Å². The van der Waals surface area contributed by atoms with Gasteiger partial charge in [-0.2, -0.15) is 0 Å². The Kier molecular flexibility index (Phi) is 2.27. The molecule has 0 aliphatic rings. The van der Waals surface area contributed by atoms with E-state index in [9.17, 15) is 0 Å². The molecule has 3 aromatic rings. The molecule has 1 heterocycles. The minimum atomic E-state index is 0.484. The van der Waals surface area contributed by atoms with Crippen molar-refractivity contribution in [2.24, 2.45) is 0 Å². The molecule has 0 amide bonds. The zero-order chi connectivity index (χ0) is 11.1. The average Bonchev–Trinajstić information content (AvgIpc) is 2.66. The second-order valence-corrected chi connectivity index (χ2v) is 6.42. The van der Waals surface area contributed by atoms with Crippen molar-refractivity contribution in [2.75, 3.05) is 19.0 Å². The maximum atomic E-state index is 2.27. The number of benzene rings is 2. The van der Waals surface area contributed by atoms with Crippen LogP contribution in [0.4, 0.5) is 5.69 Å². The van der Waals surface area contributed by atoms with E-state index in [-0.39, 0.29) is 0 Å². The molecule has 80 valence electrons. The Labute approximate surface area is 101 Å². The fraction of sp³-hybridized carbons (Fsp3) is 0.143. The van der Waals surface area contributed by atoms with Crippen molar-refractivity contribution in [3.63, 3.8) is 0 Å². The summed E-state index contributed by atoms with van der Waals surface area (Å²) in [6.45, 7) is 0. The normalized spacial score (nSPS) is 11.1. The number of anilines is 1. The molecule has 0 fully saturated rings. The molecular formula is C14H13NSe. The second kappa shape index (κ2) is 3.65. The van der Waals surface area contributed by atoms with Crippen LogP contribution in [0.3, 0.4) is 0 Å². The number of fused-ring (bicyclic) bond motifs is 3. The number of nitrogens with zero attached hydrogens (tertiary/aromatic N) is 1. The zero-order valence-electron chi connectivity index (χ0n) is 9.40. The summed E-state index contributed by atoms with van der Waals surface area (Å²) in [6.07, 6.45) is 0. The molecular weight excluding hydrogens is 261 g/mol. The summed E-state index contributed by atoms with van der Waals surface area (Å²) in [5.41, 5.74) is 1.34. The van der Waals surface area contributed by atoms with Crippen LogP contribution in [0.25, 0.3) is 19.3 Å². The fourth-order valence-corrected chi connectivity index (χ4v) is 4.49. The van der Waals surface area contributed by atoms with E-state index in [0.29, 0.717) is 14.5 Å². The molecule has 0 aliphatic carbocycles. The average molecular weight is 274 g/mol. The van der Waals surface area contributed by atoms with Crippen molar-refractivity contribution in [1.82, 2.24) is 0 Å². The maximum absolute atomic E-state index is 2.27. The van der Waals surface area contributed by atoms with E-state index >= 15 is 0 Å². The molecule has 0 bridgehead atoms. The molecule has 0 saturated heterocycles. The summed E-state index contributed by atoms with van der Waals surface area (Å²) in [5, 5.41) is 2.88.